The molecular formula is C39H33ClN6O8. The minimum Gasteiger partial charge on any atom is -0.490 e. The Morgan fingerprint density at radius 3 is 2.11 bits per heavy atom. The number of carbonyl (C=O) groups is 2. The Hall–Kier alpha value is -6.59. The number of ether oxygens (including phenoxy) is 4. The van der Waals surface area contributed by atoms with Gasteiger partial charge in [0.25, 0.3) is 11.8 Å². The highest BCUT2D eigenvalue weighted by Crippen LogP contribution is 2.33. The minimum atomic E-state index is -0.911. The molecular weight excluding hydrogens is 716 g/mol. The molecule has 274 valence electrons. The van der Waals surface area contributed by atoms with Crippen LogP contribution in [0.1, 0.15) is 54.7 Å². The van der Waals surface area contributed by atoms with Crippen molar-refractivity contribution in [2.24, 2.45) is 0 Å². The molecule has 0 spiro atoms. The second-order valence-electron chi connectivity index (χ2n) is 12.5. The number of esters is 2. The van der Waals surface area contributed by atoms with Crippen molar-refractivity contribution in [3.05, 3.63) is 94.1 Å². The van der Waals surface area contributed by atoms with Gasteiger partial charge < -0.3 is 28.0 Å². The third kappa shape index (κ3) is 8.22. The van der Waals surface area contributed by atoms with Crippen LogP contribution in [0.15, 0.2) is 75.9 Å². The predicted molar refractivity (Wildman–Crippen MR) is 195 cm³/mol. The van der Waals surface area contributed by atoms with Crippen LogP contribution in [0.25, 0.3) is 45.7 Å². The van der Waals surface area contributed by atoms with Crippen molar-refractivity contribution in [2.45, 2.75) is 53.8 Å². The second-order valence-corrected chi connectivity index (χ2v) is 12.9. The lowest BCUT2D eigenvalue weighted by Gasteiger charge is -2.11. The van der Waals surface area contributed by atoms with Crippen LogP contribution < -0.4 is 14.2 Å². The molecule has 0 radical (unpaired) electrons. The molecule has 15 heteroatoms. The zero-order valence-electron chi connectivity index (χ0n) is 30.0. The molecule has 0 saturated carbocycles. The molecule has 0 aliphatic carbocycles. The second kappa shape index (κ2) is 16.0. The summed E-state index contributed by atoms with van der Waals surface area (Å²) in [5.41, 5.74) is 3.61. The Labute approximate surface area is 314 Å². The molecule has 3 aromatic heterocycles. The SMILES string of the molecule is Cc1c(OCC(=O)OC(=O)c2cccc(-c3noc(-c4ccc(OC(C)C)c(C#N)c4)n3)c2C)cccc1-c1noc(-c2cnc(OC(C)C)c(Cl)c2)n1. The van der Waals surface area contributed by atoms with E-state index >= 15 is 0 Å². The maximum absolute atomic E-state index is 13.1. The number of aromatic nitrogens is 5. The van der Waals surface area contributed by atoms with Gasteiger partial charge in [-0.3, -0.25) is 0 Å². The van der Waals surface area contributed by atoms with E-state index in [1.165, 1.54) is 12.3 Å². The van der Waals surface area contributed by atoms with Gasteiger partial charge in [-0.15, -0.1) is 0 Å². The van der Waals surface area contributed by atoms with Gasteiger partial charge in [0.15, 0.2) is 6.61 Å². The summed E-state index contributed by atoms with van der Waals surface area (Å²) >= 11 is 6.33. The predicted octanol–water partition coefficient (Wildman–Crippen LogP) is 7.99. The van der Waals surface area contributed by atoms with Crippen LogP contribution in [0.3, 0.4) is 0 Å². The summed E-state index contributed by atoms with van der Waals surface area (Å²) in [6.07, 6.45) is 1.32. The van der Waals surface area contributed by atoms with Crippen molar-refractivity contribution >= 4 is 23.5 Å². The number of nitrogens with zero attached hydrogens (tertiary/aromatic N) is 6. The van der Waals surface area contributed by atoms with E-state index in [2.05, 4.69) is 31.3 Å². The molecule has 0 bridgehead atoms. The average Bonchev–Trinajstić information content (AvgIpc) is 3.83. The Morgan fingerprint density at radius 1 is 0.815 bits per heavy atom. The monoisotopic (exact) mass is 748 g/mol. The molecule has 0 fully saturated rings. The fourth-order valence-corrected chi connectivity index (χ4v) is 5.51. The van der Waals surface area contributed by atoms with Crippen molar-refractivity contribution in [3.8, 4) is 69.1 Å². The molecule has 6 aromatic rings. The van der Waals surface area contributed by atoms with Gasteiger partial charge in [-0.1, -0.05) is 46.2 Å². The third-order valence-corrected chi connectivity index (χ3v) is 8.11. The first-order valence-corrected chi connectivity index (χ1v) is 17.1. The van der Waals surface area contributed by atoms with E-state index in [0.717, 1.165) is 0 Å². The summed E-state index contributed by atoms with van der Waals surface area (Å²) < 4.78 is 33.1. The van der Waals surface area contributed by atoms with Crippen LogP contribution in [0.2, 0.25) is 5.02 Å². The van der Waals surface area contributed by atoms with Crippen molar-refractivity contribution in [2.75, 3.05) is 6.61 Å². The van der Waals surface area contributed by atoms with Crippen molar-refractivity contribution in [1.82, 2.24) is 25.3 Å². The molecule has 0 aliphatic rings. The van der Waals surface area contributed by atoms with E-state index in [1.807, 2.05) is 27.7 Å². The molecule has 0 N–H and O–H groups in total. The first kappa shape index (κ1) is 37.2. The van der Waals surface area contributed by atoms with E-state index in [0.29, 0.717) is 61.3 Å². The number of nitriles is 1. The lowest BCUT2D eigenvalue weighted by Crippen LogP contribution is -2.20. The molecule has 6 rings (SSSR count). The first-order valence-electron chi connectivity index (χ1n) is 16.7. The van der Waals surface area contributed by atoms with Gasteiger partial charge in [-0.2, -0.15) is 15.2 Å². The van der Waals surface area contributed by atoms with Crippen molar-refractivity contribution < 1.29 is 37.6 Å². The Balaban J connectivity index is 1.11. The summed E-state index contributed by atoms with van der Waals surface area (Å²) in [6, 6.07) is 18.7. The van der Waals surface area contributed by atoms with Crippen LogP contribution >= 0.6 is 11.6 Å². The molecule has 54 heavy (non-hydrogen) atoms. The maximum Gasteiger partial charge on any atom is 0.352 e. The topological polar surface area (TPSA) is 186 Å². The Kier molecular flexibility index (Phi) is 11.0. The normalized spacial score (nSPS) is 11.0. The van der Waals surface area contributed by atoms with E-state index in [9.17, 15) is 14.9 Å². The van der Waals surface area contributed by atoms with E-state index < -0.39 is 18.5 Å². The number of benzene rings is 3. The minimum absolute atomic E-state index is 0.0986. The van der Waals surface area contributed by atoms with Gasteiger partial charge in [-0.05, 0) is 83.5 Å². The van der Waals surface area contributed by atoms with Crippen molar-refractivity contribution in [3.63, 3.8) is 0 Å². The zero-order chi connectivity index (χ0) is 38.5. The third-order valence-electron chi connectivity index (χ3n) is 7.84. The van der Waals surface area contributed by atoms with Gasteiger partial charge in [0.1, 0.15) is 22.6 Å². The van der Waals surface area contributed by atoms with E-state index in [4.69, 9.17) is 39.6 Å². The summed E-state index contributed by atoms with van der Waals surface area (Å²) in [5.74, 6) is 0.129. The van der Waals surface area contributed by atoms with E-state index in [-0.39, 0.29) is 41.2 Å². The summed E-state index contributed by atoms with van der Waals surface area (Å²) in [5, 5.41) is 18.1. The molecule has 3 heterocycles. The molecule has 14 nitrogen and oxygen atoms in total. The standard InChI is InChI=1S/C39H33ClN6O8/c1-20(2)50-32-14-13-24(15-25(32)17-41)36-43-34(45-53-36)27-9-7-11-29(22(27)5)39(48)52-33(47)19-49-31-12-8-10-28(23(31)6)35-44-37(54-46-35)26-16-30(40)38(42-18-26)51-21(3)4/h7-16,18,20-21H,19H2,1-6H3. The van der Waals surface area contributed by atoms with Crippen LogP contribution in [0.5, 0.6) is 17.4 Å². The largest absolute Gasteiger partial charge is 0.490 e. The number of carbonyl (C=O) groups excluding carboxylic acids is 2. The summed E-state index contributed by atoms with van der Waals surface area (Å²) in [4.78, 5) is 39.1. The average molecular weight is 749 g/mol. The molecule has 0 aliphatic heterocycles. The van der Waals surface area contributed by atoms with Crippen LogP contribution in [-0.2, 0) is 9.53 Å². The summed E-state index contributed by atoms with van der Waals surface area (Å²) in [7, 11) is 0. The Bertz CT molecular complexity index is 2400. The number of rotatable bonds is 12. The fraction of sp³-hybridized carbons (Fsp3) is 0.231. The molecule has 0 unspecified atom stereocenters. The van der Waals surface area contributed by atoms with Crippen LogP contribution in [-0.4, -0.2) is 56.0 Å². The number of halogens is 1. The highest BCUT2D eigenvalue weighted by molar-refractivity contribution is 6.32. The number of hydrogen-bond donors (Lipinski definition) is 0. The fourth-order valence-electron chi connectivity index (χ4n) is 5.30. The van der Waals surface area contributed by atoms with Gasteiger partial charge in [0, 0.05) is 28.5 Å². The molecule has 0 amide bonds. The highest BCUT2D eigenvalue weighted by Gasteiger charge is 2.22. The highest BCUT2D eigenvalue weighted by atomic mass is 35.5. The van der Waals surface area contributed by atoms with Gasteiger partial charge in [-0.25, -0.2) is 14.6 Å². The van der Waals surface area contributed by atoms with Crippen molar-refractivity contribution in [1.29, 1.82) is 5.26 Å². The van der Waals surface area contributed by atoms with Gasteiger partial charge in [0.2, 0.25) is 17.5 Å². The van der Waals surface area contributed by atoms with Gasteiger partial charge >= 0.3 is 11.9 Å². The van der Waals surface area contributed by atoms with Crippen LogP contribution in [0.4, 0.5) is 0 Å². The molecule has 0 saturated heterocycles. The first-order chi connectivity index (χ1) is 25.9. The smallest absolute Gasteiger partial charge is 0.352 e. The summed E-state index contributed by atoms with van der Waals surface area (Å²) in [6.45, 7) is 10.4. The lowest BCUT2D eigenvalue weighted by molar-refractivity contribution is -0.140. The number of hydrogen-bond acceptors (Lipinski definition) is 14. The molecule has 0 atom stereocenters. The van der Waals surface area contributed by atoms with E-state index in [1.54, 1.807) is 68.4 Å². The van der Waals surface area contributed by atoms with Gasteiger partial charge in [0.05, 0.1) is 28.9 Å². The molecule has 3 aromatic carbocycles. The Morgan fingerprint density at radius 2 is 1.46 bits per heavy atom. The quantitative estimate of drug-likeness (QED) is 0.0865. The van der Waals surface area contributed by atoms with Crippen LogP contribution in [0, 0.1) is 25.2 Å². The lowest BCUT2D eigenvalue weighted by atomic mass is 10.0. The zero-order valence-corrected chi connectivity index (χ0v) is 30.8. The number of pyridine rings is 1. The maximum atomic E-state index is 13.1.